The summed E-state index contributed by atoms with van der Waals surface area (Å²) in [7, 11) is 0. The van der Waals surface area contributed by atoms with Crippen LogP contribution in [0.1, 0.15) is 50.3 Å². The van der Waals surface area contributed by atoms with E-state index in [1.807, 2.05) is 6.92 Å². The Hall–Kier alpha value is -1.20. The minimum absolute atomic E-state index is 0.112. The van der Waals surface area contributed by atoms with Crippen molar-refractivity contribution in [2.45, 2.75) is 59.2 Å². The number of aryl methyl sites for hydroxylation is 1. The summed E-state index contributed by atoms with van der Waals surface area (Å²) in [6.45, 7) is 10.2. The molecule has 0 aliphatic heterocycles. The Morgan fingerprint density at radius 2 is 2.10 bits per heavy atom. The molecule has 0 saturated carbocycles. The van der Waals surface area contributed by atoms with Gasteiger partial charge in [0.1, 0.15) is 0 Å². The summed E-state index contributed by atoms with van der Waals surface area (Å²) in [4.78, 5) is 3.79. The lowest BCUT2D eigenvalue weighted by Crippen LogP contribution is -2.42. The molecule has 0 unspecified atom stereocenters. The van der Waals surface area contributed by atoms with Crippen molar-refractivity contribution < 1.29 is 4.42 Å². The highest BCUT2D eigenvalue weighted by atomic mass is 32.1. The fourth-order valence-electron chi connectivity index (χ4n) is 2.41. The van der Waals surface area contributed by atoms with Crippen LogP contribution in [-0.4, -0.2) is 20.6 Å². The standard InChI is InChI=1S/C15H23N3OS/c1-5-8-15(3,4)18(10-13-7-6-9-20-13)11-14-17-16-12(2)19-14/h6-7,9H,5,8,10-11H2,1-4H3. The molecule has 0 aliphatic rings. The fraction of sp³-hybridized carbons (Fsp3) is 0.600. The molecule has 0 bridgehead atoms. The van der Waals surface area contributed by atoms with E-state index in [0.717, 1.165) is 19.4 Å². The molecular formula is C15H23N3OS. The smallest absolute Gasteiger partial charge is 0.230 e. The molecule has 2 aromatic heterocycles. The van der Waals surface area contributed by atoms with E-state index in [1.165, 1.54) is 4.88 Å². The van der Waals surface area contributed by atoms with Crippen LogP contribution in [0.25, 0.3) is 0 Å². The van der Waals surface area contributed by atoms with E-state index in [4.69, 9.17) is 4.42 Å². The maximum Gasteiger partial charge on any atom is 0.230 e. The van der Waals surface area contributed by atoms with Crippen LogP contribution >= 0.6 is 11.3 Å². The maximum absolute atomic E-state index is 5.55. The summed E-state index contributed by atoms with van der Waals surface area (Å²) in [5.41, 5.74) is 0.112. The van der Waals surface area contributed by atoms with Gasteiger partial charge in [0.25, 0.3) is 0 Å². The van der Waals surface area contributed by atoms with E-state index in [-0.39, 0.29) is 5.54 Å². The molecular weight excluding hydrogens is 270 g/mol. The van der Waals surface area contributed by atoms with Crippen LogP contribution in [0.3, 0.4) is 0 Å². The van der Waals surface area contributed by atoms with Gasteiger partial charge in [0.15, 0.2) is 0 Å². The number of aromatic nitrogens is 2. The fourth-order valence-corrected chi connectivity index (χ4v) is 3.13. The number of hydrogen-bond donors (Lipinski definition) is 0. The molecule has 0 saturated heterocycles. The van der Waals surface area contributed by atoms with Crippen molar-refractivity contribution in [1.82, 2.24) is 15.1 Å². The van der Waals surface area contributed by atoms with Gasteiger partial charge in [-0.05, 0) is 31.7 Å². The molecule has 0 atom stereocenters. The van der Waals surface area contributed by atoms with Gasteiger partial charge >= 0.3 is 0 Å². The van der Waals surface area contributed by atoms with Crippen LogP contribution in [0.15, 0.2) is 21.9 Å². The molecule has 0 aromatic carbocycles. The largest absolute Gasteiger partial charge is 0.424 e. The first-order valence-corrected chi connectivity index (χ1v) is 7.95. The second-order valence-corrected chi connectivity index (χ2v) is 6.74. The van der Waals surface area contributed by atoms with Crippen LogP contribution in [0.2, 0.25) is 0 Å². The molecule has 20 heavy (non-hydrogen) atoms. The second-order valence-electron chi connectivity index (χ2n) is 5.71. The molecule has 0 fully saturated rings. The maximum atomic E-state index is 5.55. The second kappa shape index (κ2) is 6.50. The summed E-state index contributed by atoms with van der Waals surface area (Å²) < 4.78 is 5.55. The quantitative estimate of drug-likeness (QED) is 0.773. The molecule has 2 rings (SSSR count). The summed E-state index contributed by atoms with van der Waals surface area (Å²) >= 11 is 1.79. The number of hydrogen-bond acceptors (Lipinski definition) is 5. The molecule has 2 aromatic rings. The van der Waals surface area contributed by atoms with Crippen molar-refractivity contribution in [3.05, 3.63) is 34.2 Å². The predicted octanol–water partition coefficient (Wildman–Crippen LogP) is 4.02. The molecule has 0 N–H and O–H groups in total. The van der Waals surface area contributed by atoms with E-state index >= 15 is 0 Å². The summed E-state index contributed by atoms with van der Waals surface area (Å²) in [5.74, 6) is 1.33. The highest BCUT2D eigenvalue weighted by Gasteiger charge is 2.27. The molecule has 2 heterocycles. The van der Waals surface area contributed by atoms with Crippen molar-refractivity contribution >= 4 is 11.3 Å². The van der Waals surface area contributed by atoms with E-state index in [0.29, 0.717) is 18.3 Å². The molecule has 0 radical (unpaired) electrons. The van der Waals surface area contributed by atoms with Gasteiger partial charge < -0.3 is 4.42 Å². The van der Waals surface area contributed by atoms with Crippen LogP contribution < -0.4 is 0 Å². The minimum Gasteiger partial charge on any atom is -0.424 e. The van der Waals surface area contributed by atoms with E-state index in [9.17, 15) is 0 Å². The Bertz CT molecular complexity index is 519. The van der Waals surface area contributed by atoms with Crippen molar-refractivity contribution in [3.63, 3.8) is 0 Å². The van der Waals surface area contributed by atoms with Gasteiger partial charge in [0.2, 0.25) is 11.8 Å². The van der Waals surface area contributed by atoms with Gasteiger partial charge in [-0.2, -0.15) is 0 Å². The Kier molecular flexibility index (Phi) is 4.94. The van der Waals surface area contributed by atoms with Crippen LogP contribution in [0, 0.1) is 6.92 Å². The van der Waals surface area contributed by atoms with Crippen molar-refractivity contribution in [3.8, 4) is 0 Å². The molecule has 0 amide bonds. The van der Waals surface area contributed by atoms with Gasteiger partial charge in [-0.3, -0.25) is 4.90 Å². The molecule has 110 valence electrons. The lowest BCUT2D eigenvalue weighted by atomic mass is 9.96. The summed E-state index contributed by atoms with van der Waals surface area (Å²) in [5, 5.41) is 10.2. The predicted molar refractivity (Wildman–Crippen MR) is 81.6 cm³/mol. The average Bonchev–Trinajstić information content (AvgIpc) is 3.00. The van der Waals surface area contributed by atoms with Gasteiger partial charge in [0, 0.05) is 23.9 Å². The van der Waals surface area contributed by atoms with Gasteiger partial charge in [-0.15, -0.1) is 21.5 Å². The first kappa shape index (κ1) is 15.2. The third kappa shape index (κ3) is 3.90. The minimum atomic E-state index is 0.112. The first-order valence-electron chi connectivity index (χ1n) is 7.07. The Labute approximate surface area is 124 Å². The van der Waals surface area contributed by atoms with Crippen molar-refractivity contribution in [2.24, 2.45) is 0 Å². The van der Waals surface area contributed by atoms with Crippen molar-refractivity contribution in [1.29, 1.82) is 0 Å². The third-order valence-corrected chi connectivity index (χ3v) is 4.40. The molecule has 0 spiro atoms. The van der Waals surface area contributed by atoms with Crippen LogP contribution in [0.4, 0.5) is 0 Å². The van der Waals surface area contributed by atoms with Crippen molar-refractivity contribution in [2.75, 3.05) is 0 Å². The van der Waals surface area contributed by atoms with Crippen LogP contribution in [-0.2, 0) is 13.1 Å². The van der Waals surface area contributed by atoms with Gasteiger partial charge in [0.05, 0.1) is 6.54 Å². The Morgan fingerprint density at radius 3 is 2.65 bits per heavy atom. The average molecular weight is 293 g/mol. The molecule has 5 heteroatoms. The first-order chi connectivity index (χ1) is 9.51. The zero-order valence-corrected chi connectivity index (χ0v) is 13.5. The third-order valence-electron chi connectivity index (χ3n) is 3.54. The van der Waals surface area contributed by atoms with Crippen LogP contribution in [0.5, 0.6) is 0 Å². The lowest BCUT2D eigenvalue weighted by Gasteiger charge is -2.37. The monoisotopic (exact) mass is 293 g/mol. The number of nitrogens with zero attached hydrogens (tertiary/aromatic N) is 3. The summed E-state index contributed by atoms with van der Waals surface area (Å²) in [6, 6.07) is 4.28. The van der Waals surface area contributed by atoms with E-state index < -0.39 is 0 Å². The van der Waals surface area contributed by atoms with E-state index in [2.05, 4.69) is 53.4 Å². The van der Waals surface area contributed by atoms with E-state index in [1.54, 1.807) is 11.3 Å². The highest BCUT2D eigenvalue weighted by Crippen LogP contribution is 2.26. The van der Waals surface area contributed by atoms with Gasteiger partial charge in [-0.1, -0.05) is 19.4 Å². The number of rotatable bonds is 7. The zero-order valence-electron chi connectivity index (χ0n) is 12.7. The Balaban J connectivity index is 2.14. The summed E-state index contributed by atoms with van der Waals surface area (Å²) in [6.07, 6.45) is 2.31. The zero-order chi connectivity index (χ0) is 14.6. The normalized spacial score (nSPS) is 12.2. The number of thiophene rings is 1. The molecule has 0 aliphatic carbocycles. The lowest BCUT2D eigenvalue weighted by molar-refractivity contribution is 0.0832. The Morgan fingerprint density at radius 1 is 1.30 bits per heavy atom. The topological polar surface area (TPSA) is 42.2 Å². The highest BCUT2D eigenvalue weighted by molar-refractivity contribution is 7.09. The van der Waals surface area contributed by atoms with Gasteiger partial charge in [-0.25, -0.2) is 0 Å². The molecule has 4 nitrogen and oxygen atoms in total. The SMILES string of the molecule is CCCC(C)(C)N(Cc1nnc(C)o1)Cc1cccs1.